The van der Waals surface area contributed by atoms with Gasteiger partial charge in [0.05, 0.1) is 5.69 Å². The maximum Gasteiger partial charge on any atom is 0.0715 e. The van der Waals surface area contributed by atoms with E-state index in [1.165, 1.54) is 63.0 Å². The number of aliphatic imine (C=N–C) groups is 1. The van der Waals surface area contributed by atoms with E-state index in [-0.39, 0.29) is 0 Å². The Labute approximate surface area is 117 Å². The van der Waals surface area contributed by atoms with E-state index in [0.29, 0.717) is 0 Å². The molecule has 0 amide bonds. The molecule has 1 fully saturated rings. The van der Waals surface area contributed by atoms with Crippen molar-refractivity contribution < 1.29 is 0 Å². The SMILES string of the molecule is C1=Cc2ccc3c4c(ccc3c2=C1)N=C1CCCCC=41. The van der Waals surface area contributed by atoms with E-state index >= 15 is 0 Å². The van der Waals surface area contributed by atoms with Crippen molar-refractivity contribution >= 4 is 39.9 Å². The minimum Gasteiger partial charge on any atom is -0.252 e. The molecule has 0 atom stereocenters. The molecule has 2 aliphatic carbocycles. The molecule has 20 heavy (non-hydrogen) atoms. The van der Waals surface area contributed by atoms with Crippen LogP contribution in [0.1, 0.15) is 31.2 Å². The van der Waals surface area contributed by atoms with E-state index < -0.39 is 0 Å². The average Bonchev–Trinajstić information content (AvgIpc) is 3.10. The van der Waals surface area contributed by atoms with Gasteiger partial charge in [-0.3, -0.25) is 4.99 Å². The van der Waals surface area contributed by atoms with Crippen molar-refractivity contribution in [3.05, 3.63) is 46.3 Å². The first-order chi connectivity index (χ1) is 9.92. The highest BCUT2D eigenvalue weighted by atomic mass is 14.8. The van der Waals surface area contributed by atoms with Crippen molar-refractivity contribution in [1.82, 2.24) is 0 Å². The Bertz CT molecular complexity index is 942. The molecule has 0 unspecified atom stereocenters. The number of benzene rings is 2. The second kappa shape index (κ2) is 3.69. The van der Waals surface area contributed by atoms with Gasteiger partial charge in [0.2, 0.25) is 0 Å². The van der Waals surface area contributed by atoms with Gasteiger partial charge in [0.15, 0.2) is 0 Å². The molecule has 3 aliphatic rings. The lowest BCUT2D eigenvalue weighted by molar-refractivity contribution is 0.765. The molecule has 0 bridgehead atoms. The van der Waals surface area contributed by atoms with Crippen molar-refractivity contribution in [2.75, 3.05) is 0 Å². The van der Waals surface area contributed by atoms with Crippen LogP contribution in [0.5, 0.6) is 0 Å². The molecule has 1 aliphatic heterocycles. The zero-order valence-corrected chi connectivity index (χ0v) is 11.3. The summed E-state index contributed by atoms with van der Waals surface area (Å²) in [5.74, 6) is 0. The summed E-state index contributed by atoms with van der Waals surface area (Å²) in [6.45, 7) is 0. The van der Waals surface area contributed by atoms with Crippen LogP contribution < -0.4 is 10.4 Å². The molecule has 96 valence electrons. The summed E-state index contributed by atoms with van der Waals surface area (Å²) in [5.41, 5.74) is 5.39. The maximum atomic E-state index is 4.87. The Hall–Kier alpha value is -2.15. The van der Waals surface area contributed by atoms with Gasteiger partial charge in [0.1, 0.15) is 0 Å². The van der Waals surface area contributed by atoms with Crippen LogP contribution in [0.15, 0.2) is 35.3 Å². The van der Waals surface area contributed by atoms with E-state index in [1.54, 1.807) is 0 Å². The Morgan fingerprint density at radius 1 is 0.900 bits per heavy atom. The molecule has 0 aromatic heterocycles. The van der Waals surface area contributed by atoms with Crippen LogP contribution in [0.2, 0.25) is 0 Å². The van der Waals surface area contributed by atoms with Gasteiger partial charge in [-0.1, -0.05) is 36.4 Å². The number of allylic oxidation sites excluding steroid dienone is 1. The van der Waals surface area contributed by atoms with Crippen LogP contribution >= 0.6 is 0 Å². The summed E-state index contributed by atoms with van der Waals surface area (Å²) >= 11 is 0. The molecule has 1 heterocycles. The first kappa shape index (κ1) is 10.6. The fourth-order valence-electron chi connectivity index (χ4n) is 3.85. The van der Waals surface area contributed by atoms with E-state index in [4.69, 9.17) is 4.99 Å². The smallest absolute Gasteiger partial charge is 0.0715 e. The summed E-state index contributed by atoms with van der Waals surface area (Å²) in [6, 6.07) is 9.00. The molecule has 0 N–H and O–H groups in total. The topological polar surface area (TPSA) is 12.4 Å². The standard InChI is InChI=1S/C19H15N/c1-2-7-17-16(5-1)19-15-9-8-12-4-3-6-13(12)14(15)10-11-18(19)20-17/h3-4,6,8-11H,1-2,5,7H2. The van der Waals surface area contributed by atoms with Gasteiger partial charge in [-0.25, -0.2) is 0 Å². The zero-order valence-electron chi connectivity index (χ0n) is 11.3. The third-order valence-electron chi connectivity index (χ3n) is 4.79. The van der Waals surface area contributed by atoms with E-state index in [1.807, 2.05) is 0 Å². The van der Waals surface area contributed by atoms with Crippen LogP contribution in [0, 0.1) is 0 Å². The monoisotopic (exact) mass is 257 g/mol. The lowest BCUT2D eigenvalue weighted by Crippen LogP contribution is -2.15. The molecule has 5 rings (SSSR count). The number of nitrogens with zero attached hydrogens (tertiary/aromatic N) is 1. The lowest BCUT2D eigenvalue weighted by Gasteiger charge is -2.13. The Morgan fingerprint density at radius 2 is 1.80 bits per heavy atom. The predicted molar refractivity (Wildman–Crippen MR) is 85.7 cm³/mol. The highest BCUT2D eigenvalue weighted by Crippen LogP contribution is 2.30. The van der Waals surface area contributed by atoms with Crippen LogP contribution in [0.25, 0.3) is 28.5 Å². The van der Waals surface area contributed by atoms with E-state index in [9.17, 15) is 0 Å². The first-order valence-electron chi connectivity index (χ1n) is 7.47. The second-order valence-electron chi connectivity index (χ2n) is 5.89. The fraction of sp³-hybridized carbons (Fsp3) is 0.211. The van der Waals surface area contributed by atoms with Gasteiger partial charge >= 0.3 is 0 Å². The van der Waals surface area contributed by atoms with Gasteiger partial charge in [-0.2, -0.15) is 0 Å². The minimum atomic E-state index is 1.16. The molecule has 0 radical (unpaired) electrons. The zero-order chi connectivity index (χ0) is 13.1. The van der Waals surface area contributed by atoms with Crippen LogP contribution in [-0.2, 0) is 0 Å². The van der Waals surface area contributed by atoms with Crippen LogP contribution in [-0.4, -0.2) is 5.71 Å². The van der Waals surface area contributed by atoms with Crippen molar-refractivity contribution in [2.45, 2.75) is 25.7 Å². The third-order valence-corrected chi connectivity index (χ3v) is 4.79. The summed E-state index contributed by atoms with van der Waals surface area (Å²) < 4.78 is 0. The van der Waals surface area contributed by atoms with Gasteiger partial charge in [-0.15, -0.1) is 0 Å². The Kier molecular flexibility index (Phi) is 1.96. The molecule has 0 saturated heterocycles. The van der Waals surface area contributed by atoms with E-state index in [0.717, 1.165) is 6.42 Å². The quantitative estimate of drug-likeness (QED) is 0.685. The number of rotatable bonds is 0. The first-order valence-corrected chi connectivity index (χ1v) is 7.47. The number of hydrogen-bond donors (Lipinski definition) is 0. The average molecular weight is 257 g/mol. The van der Waals surface area contributed by atoms with Crippen molar-refractivity contribution in [3.8, 4) is 0 Å². The molecule has 1 nitrogen and oxygen atoms in total. The van der Waals surface area contributed by atoms with Gasteiger partial charge in [0.25, 0.3) is 0 Å². The molecular formula is C19H15N. The maximum absolute atomic E-state index is 4.87. The van der Waals surface area contributed by atoms with Gasteiger partial charge < -0.3 is 0 Å². The minimum absolute atomic E-state index is 1.16. The van der Waals surface area contributed by atoms with Crippen molar-refractivity contribution in [1.29, 1.82) is 0 Å². The largest absolute Gasteiger partial charge is 0.252 e. The Morgan fingerprint density at radius 3 is 2.80 bits per heavy atom. The molecule has 1 heteroatoms. The van der Waals surface area contributed by atoms with Crippen molar-refractivity contribution in [3.63, 3.8) is 0 Å². The molecular weight excluding hydrogens is 242 g/mol. The lowest BCUT2D eigenvalue weighted by atomic mass is 9.90. The Balaban J connectivity index is 1.97. The second-order valence-corrected chi connectivity index (χ2v) is 5.89. The normalized spacial score (nSPS) is 18.6. The summed E-state index contributed by atoms with van der Waals surface area (Å²) in [7, 11) is 0. The van der Waals surface area contributed by atoms with Gasteiger partial charge in [0, 0.05) is 10.9 Å². The molecule has 2 aromatic rings. The van der Waals surface area contributed by atoms with Crippen molar-refractivity contribution in [2.24, 2.45) is 4.99 Å². The molecule has 1 saturated carbocycles. The summed E-state index contributed by atoms with van der Waals surface area (Å²) in [5, 5.41) is 5.55. The predicted octanol–water partition coefficient (Wildman–Crippen LogP) is 3.46. The molecule has 0 spiro atoms. The summed E-state index contributed by atoms with van der Waals surface area (Å²) in [6.07, 6.45) is 11.5. The number of fused-ring (bicyclic) bond motifs is 6. The third kappa shape index (κ3) is 1.25. The highest BCUT2D eigenvalue weighted by Gasteiger charge is 2.21. The van der Waals surface area contributed by atoms with Crippen LogP contribution in [0.3, 0.4) is 0 Å². The fourth-order valence-corrected chi connectivity index (χ4v) is 3.85. The molecule has 2 aromatic carbocycles. The number of hydrogen-bond acceptors (Lipinski definition) is 1. The van der Waals surface area contributed by atoms with Crippen LogP contribution in [0.4, 0.5) is 5.69 Å². The van der Waals surface area contributed by atoms with Gasteiger partial charge in [-0.05, 0) is 58.9 Å². The highest BCUT2D eigenvalue weighted by molar-refractivity contribution is 6.24. The summed E-state index contributed by atoms with van der Waals surface area (Å²) in [4.78, 5) is 4.87. The van der Waals surface area contributed by atoms with E-state index in [2.05, 4.69) is 42.5 Å².